The molecule has 0 saturated heterocycles. The predicted molar refractivity (Wildman–Crippen MR) is 72.9 cm³/mol. The molecule has 0 fully saturated rings. The van der Waals surface area contributed by atoms with Crippen LogP contribution in [0.1, 0.15) is 27.2 Å². The van der Waals surface area contributed by atoms with Crippen LogP contribution in [-0.4, -0.2) is 23.0 Å². The van der Waals surface area contributed by atoms with Crippen molar-refractivity contribution >= 4 is 29.3 Å². The van der Waals surface area contributed by atoms with Gasteiger partial charge < -0.3 is 10.1 Å². The van der Waals surface area contributed by atoms with E-state index < -0.39 is 12.0 Å². The van der Waals surface area contributed by atoms with Crippen molar-refractivity contribution in [2.75, 3.05) is 5.32 Å². The Hall–Kier alpha value is -1.62. The zero-order chi connectivity index (χ0) is 14.4. The predicted octanol–water partition coefficient (Wildman–Crippen LogP) is 2.65. The first kappa shape index (κ1) is 15.4. The highest BCUT2D eigenvalue weighted by Crippen LogP contribution is 2.11. The molecule has 0 aliphatic rings. The molecule has 104 valence electrons. The molecule has 1 heterocycles. The van der Waals surface area contributed by atoms with E-state index in [0.717, 1.165) is 0 Å². The van der Waals surface area contributed by atoms with E-state index in [-0.39, 0.29) is 11.9 Å². The normalized spacial score (nSPS) is 13.5. The van der Waals surface area contributed by atoms with Gasteiger partial charge >= 0.3 is 5.97 Å². The summed E-state index contributed by atoms with van der Waals surface area (Å²) in [4.78, 5) is 27.3. The Labute approximate surface area is 117 Å². The molecule has 0 aliphatic heterocycles. The Morgan fingerprint density at radius 2 is 2.11 bits per heavy atom. The summed E-state index contributed by atoms with van der Waals surface area (Å²) in [5, 5.41) is 3.03. The van der Waals surface area contributed by atoms with Gasteiger partial charge in [0.2, 0.25) is 0 Å². The number of anilines is 1. The smallest absolute Gasteiger partial charge is 0.309 e. The molecule has 0 saturated carbocycles. The van der Waals surface area contributed by atoms with Gasteiger partial charge in [-0.25, -0.2) is 4.98 Å². The third-order valence-electron chi connectivity index (χ3n) is 2.66. The third-order valence-corrected chi connectivity index (χ3v) is 2.88. The molecule has 1 aromatic heterocycles. The standard InChI is InChI=1S/C13H17ClN2O3/c1-4-8(2)13(18)19-9(3)12(17)16-11-6-5-10(14)7-15-11/h5-9H,4H2,1-3H3,(H,15,16,17)/t8-,9-/m1/s1. The summed E-state index contributed by atoms with van der Waals surface area (Å²) in [5.74, 6) is -0.662. The molecule has 19 heavy (non-hydrogen) atoms. The van der Waals surface area contributed by atoms with Crippen LogP contribution >= 0.6 is 11.6 Å². The van der Waals surface area contributed by atoms with E-state index in [4.69, 9.17) is 16.3 Å². The number of rotatable bonds is 5. The SMILES string of the molecule is CC[C@@H](C)C(=O)O[C@H](C)C(=O)Nc1ccc(Cl)cn1. The summed E-state index contributed by atoms with van der Waals surface area (Å²) in [6.07, 6.45) is 1.23. The fraction of sp³-hybridized carbons (Fsp3) is 0.462. The van der Waals surface area contributed by atoms with Gasteiger partial charge in [-0.2, -0.15) is 0 Å². The largest absolute Gasteiger partial charge is 0.452 e. The number of amides is 1. The van der Waals surface area contributed by atoms with Gasteiger partial charge in [-0.3, -0.25) is 9.59 Å². The maximum atomic E-state index is 11.8. The number of halogens is 1. The van der Waals surface area contributed by atoms with Crippen LogP contribution in [0.3, 0.4) is 0 Å². The maximum Gasteiger partial charge on any atom is 0.309 e. The molecule has 1 amide bonds. The molecular formula is C13H17ClN2O3. The topological polar surface area (TPSA) is 68.3 Å². The van der Waals surface area contributed by atoms with Crippen molar-refractivity contribution in [1.29, 1.82) is 0 Å². The fourth-order valence-corrected chi connectivity index (χ4v) is 1.30. The molecule has 6 heteroatoms. The second kappa shape index (κ2) is 7.09. The van der Waals surface area contributed by atoms with Crippen molar-refractivity contribution in [2.45, 2.75) is 33.3 Å². The molecule has 0 aromatic carbocycles. The molecule has 0 unspecified atom stereocenters. The number of aromatic nitrogens is 1. The number of pyridine rings is 1. The Kier molecular flexibility index (Phi) is 5.76. The van der Waals surface area contributed by atoms with Gasteiger partial charge in [-0.1, -0.05) is 25.4 Å². The first-order valence-corrected chi connectivity index (χ1v) is 6.44. The van der Waals surface area contributed by atoms with E-state index in [2.05, 4.69) is 10.3 Å². The first-order chi connectivity index (χ1) is 8.93. The Balaban J connectivity index is 2.53. The lowest BCUT2D eigenvalue weighted by Gasteiger charge is -2.15. The lowest BCUT2D eigenvalue weighted by atomic mass is 10.1. The van der Waals surface area contributed by atoms with Gasteiger partial charge in [0, 0.05) is 6.20 Å². The summed E-state index contributed by atoms with van der Waals surface area (Å²) < 4.78 is 5.06. The molecule has 0 aliphatic carbocycles. The van der Waals surface area contributed by atoms with Gasteiger partial charge in [0.15, 0.2) is 6.10 Å². The summed E-state index contributed by atoms with van der Waals surface area (Å²) in [5.41, 5.74) is 0. The van der Waals surface area contributed by atoms with E-state index in [9.17, 15) is 9.59 Å². The number of esters is 1. The van der Waals surface area contributed by atoms with Crippen LogP contribution in [0.25, 0.3) is 0 Å². The monoisotopic (exact) mass is 284 g/mol. The molecule has 5 nitrogen and oxygen atoms in total. The minimum atomic E-state index is -0.862. The van der Waals surface area contributed by atoms with Gasteiger partial charge in [-0.15, -0.1) is 0 Å². The van der Waals surface area contributed by atoms with Crippen LogP contribution in [0.15, 0.2) is 18.3 Å². The summed E-state index contributed by atoms with van der Waals surface area (Å²) >= 11 is 5.69. The minimum Gasteiger partial charge on any atom is -0.452 e. The van der Waals surface area contributed by atoms with Crippen molar-refractivity contribution < 1.29 is 14.3 Å². The second-order valence-electron chi connectivity index (χ2n) is 4.24. The van der Waals surface area contributed by atoms with Crippen LogP contribution in [0.5, 0.6) is 0 Å². The number of ether oxygens (including phenoxy) is 1. The average Bonchev–Trinajstić information content (AvgIpc) is 2.40. The number of carbonyl (C=O) groups excluding carboxylic acids is 2. The highest BCUT2D eigenvalue weighted by molar-refractivity contribution is 6.30. The van der Waals surface area contributed by atoms with Gasteiger partial charge in [0.1, 0.15) is 5.82 Å². The molecule has 1 N–H and O–H groups in total. The van der Waals surface area contributed by atoms with E-state index in [0.29, 0.717) is 17.3 Å². The number of nitrogens with zero attached hydrogens (tertiary/aromatic N) is 1. The minimum absolute atomic E-state index is 0.219. The summed E-state index contributed by atoms with van der Waals surface area (Å²) in [6, 6.07) is 3.18. The molecule has 0 bridgehead atoms. The van der Waals surface area contributed by atoms with Gasteiger partial charge in [0.05, 0.1) is 10.9 Å². The second-order valence-corrected chi connectivity index (χ2v) is 4.68. The molecule has 1 rings (SSSR count). The highest BCUT2D eigenvalue weighted by atomic mass is 35.5. The summed E-state index contributed by atoms with van der Waals surface area (Å²) in [6.45, 7) is 5.16. The average molecular weight is 285 g/mol. The molecule has 0 spiro atoms. The van der Waals surface area contributed by atoms with Crippen molar-refractivity contribution in [3.05, 3.63) is 23.4 Å². The van der Waals surface area contributed by atoms with Crippen LogP contribution in [0, 0.1) is 5.92 Å². The number of nitrogens with one attached hydrogen (secondary N) is 1. The van der Waals surface area contributed by atoms with Gasteiger partial charge in [-0.05, 0) is 25.5 Å². The number of carbonyl (C=O) groups is 2. The maximum absolute atomic E-state index is 11.8. The zero-order valence-electron chi connectivity index (χ0n) is 11.1. The zero-order valence-corrected chi connectivity index (χ0v) is 11.9. The fourth-order valence-electron chi connectivity index (χ4n) is 1.19. The lowest BCUT2D eigenvalue weighted by molar-refractivity contribution is -0.156. The van der Waals surface area contributed by atoms with Crippen LogP contribution < -0.4 is 5.32 Å². The highest BCUT2D eigenvalue weighted by Gasteiger charge is 2.21. The van der Waals surface area contributed by atoms with E-state index in [1.807, 2.05) is 6.92 Å². The lowest BCUT2D eigenvalue weighted by Crippen LogP contribution is -2.31. The summed E-state index contributed by atoms with van der Waals surface area (Å²) in [7, 11) is 0. The number of hydrogen-bond acceptors (Lipinski definition) is 4. The van der Waals surface area contributed by atoms with Crippen molar-refractivity contribution in [3.63, 3.8) is 0 Å². The van der Waals surface area contributed by atoms with Gasteiger partial charge in [0.25, 0.3) is 5.91 Å². The third kappa shape index (κ3) is 4.87. The van der Waals surface area contributed by atoms with E-state index >= 15 is 0 Å². The Morgan fingerprint density at radius 3 is 2.63 bits per heavy atom. The molecule has 2 atom stereocenters. The van der Waals surface area contributed by atoms with Crippen LogP contribution in [0.2, 0.25) is 5.02 Å². The first-order valence-electron chi connectivity index (χ1n) is 6.07. The molecule has 1 aromatic rings. The quantitative estimate of drug-likeness (QED) is 0.844. The van der Waals surface area contributed by atoms with Crippen molar-refractivity contribution in [3.8, 4) is 0 Å². The number of hydrogen-bond donors (Lipinski definition) is 1. The van der Waals surface area contributed by atoms with Crippen molar-refractivity contribution in [1.82, 2.24) is 4.98 Å². The van der Waals surface area contributed by atoms with E-state index in [1.165, 1.54) is 13.1 Å². The van der Waals surface area contributed by atoms with E-state index in [1.54, 1.807) is 19.1 Å². The Bertz CT molecular complexity index is 448. The van der Waals surface area contributed by atoms with Crippen molar-refractivity contribution in [2.24, 2.45) is 5.92 Å². The van der Waals surface area contributed by atoms with Crippen LogP contribution in [-0.2, 0) is 14.3 Å². The molecular weight excluding hydrogens is 268 g/mol. The van der Waals surface area contributed by atoms with Crippen LogP contribution in [0.4, 0.5) is 5.82 Å². The molecule has 0 radical (unpaired) electrons. The Morgan fingerprint density at radius 1 is 1.42 bits per heavy atom.